The molecule has 0 bridgehead atoms. The average Bonchev–Trinajstić information content (AvgIpc) is 3.04. The molecule has 7 heteroatoms. The third-order valence-electron chi connectivity index (χ3n) is 4.02. The number of nitrogens with one attached hydrogen (secondary N) is 1. The third kappa shape index (κ3) is 3.16. The van der Waals surface area contributed by atoms with Crippen molar-refractivity contribution in [3.8, 4) is 0 Å². The van der Waals surface area contributed by atoms with E-state index in [4.69, 9.17) is 4.74 Å². The minimum Gasteiger partial charge on any atom is -0.376 e. The highest BCUT2D eigenvalue weighted by Gasteiger charge is 2.36. The molecule has 2 fully saturated rings. The third-order valence-corrected chi connectivity index (χ3v) is 4.02. The molecule has 3 heterocycles. The number of hydrogen-bond donors (Lipinski definition) is 1. The Hall–Kier alpha value is -1.47. The van der Waals surface area contributed by atoms with E-state index in [1.54, 1.807) is 12.7 Å². The van der Waals surface area contributed by atoms with E-state index in [1.165, 1.54) is 0 Å². The Morgan fingerprint density at radius 1 is 1.40 bits per heavy atom. The number of rotatable bonds is 4. The van der Waals surface area contributed by atoms with Crippen molar-refractivity contribution in [3.05, 3.63) is 12.7 Å². The molecule has 1 aromatic heterocycles. The van der Waals surface area contributed by atoms with Crippen LogP contribution in [0.3, 0.4) is 0 Å². The van der Waals surface area contributed by atoms with Gasteiger partial charge in [0.05, 0.1) is 12.7 Å². The summed E-state index contributed by atoms with van der Waals surface area (Å²) in [6, 6.07) is 0.719. The highest BCUT2D eigenvalue weighted by atomic mass is 16.5. The minimum atomic E-state index is 0.0949. The number of nitrogens with zero attached hydrogens (tertiary/aromatic N) is 4. The molecule has 0 spiro atoms. The second-order valence-corrected chi connectivity index (χ2v) is 5.70. The number of carbonyl (C=O) groups excluding carboxylic acids is 1. The first-order valence-electron chi connectivity index (χ1n) is 7.18. The topological polar surface area (TPSA) is 72.3 Å². The lowest BCUT2D eigenvalue weighted by atomic mass is 10.1. The van der Waals surface area contributed by atoms with Crippen LogP contribution >= 0.6 is 0 Å². The van der Waals surface area contributed by atoms with Crippen LogP contribution in [0.15, 0.2) is 12.7 Å². The van der Waals surface area contributed by atoms with Crippen molar-refractivity contribution in [2.75, 3.05) is 19.7 Å². The van der Waals surface area contributed by atoms with Crippen LogP contribution in [0, 0.1) is 0 Å². The number of amides is 1. The zero-order chi connectivity index (χ0) is 13.9. The number of hydrogen-bond acceptors (Lipinski definition) is 5. The molecular formula is C13H21N5O2. The zero-order valence-electron chi connectivity index (χ0n) is 11.7. The fraction of sp³-hybridized carbons (Fsp3) is 0.769. The molecule has 0 unspecified atom stereocenters. The average molecular weight is 279 g/mol. The van der Waals surface area contributed by atoms with Gasteiger partial charge in [-0.3, -0.25) is 9.69 Å². The van der Waals surface area contributed by atoms with Gasteiger partial charge >= 0.3 is 0 Å². The number of aryl methyl sites for hydroxylation is 1. The monoisotopic (exact) mass is 279 g/mol. The van der Waals surface area contributed by atoms with Crippen LogP contribution < -0.4 is 5.32 Å². The van der Waals surface area contributed by atoms with Crippen molar-refractivity contribution in [2.45, 2.75) is 44.5 Å². The van der Waals surface area contributed by atoms with E-state index < -0.39 is 0 Å². The summed E-state index contributed by atoms with van der Waals surface area (Å²) in [5.74, 6) is 0.0949. The van der Waals surface area contributed by atoms with Crippen LogP contribution in [0.5, 0.6) is 0 Å². The van der Waals surface area contributed by atoms with Gasteiger partial charge in [-0.25, -0.2) is 0 Å². The quantitative estimate of drug-likeness (QED) is 0.815. The van der Waals surface area contributed by atoms with Crippen LogP contribution in [-0.4, -0.2) is 63.5 Å². The molecule has 2 aliphatic heterocycles. The summed E-state index contributed by atoms with van der Waals surface area (Å²) in [5, 5.41) is 10.6. The number of morpholine rings is 1. The maximum Gasteiger partial charge on any atom is 0.222 e. The van der Waals surface area contributed by atoms with Gasteiger partial charge in [0, 0.05) is 38.1 Å². The molecule has 1 amide bonds. The fourth-order valence-corrected chi connectivity index (χ4v) is 3.01. The maximum absolute atomic E-state index is 11.9. The molecule has 0 saturated carbocycles. The van der Waals surface area contributed by atoms with Gasteiger partial charge in [0.1, 0.15) is 12.7 Å². The Kier molecular flexibility index (Phi) is 3.98. The number of fused-ring (bicyclic) bond motifs is 1. The smallest absolute Gasteiger partial charge is 0.222 e. The normalized spacial score (nSPS) is 30.1. The molecule has 3 rings (SSSR count). The molecule has 1 N–H and O–H groups in total. The summed E-state index contributed by atoms with van der Waals surface area (Å²) in [6.45, 7) is 5.42. The summed E-state index contributed by atoms with van der Waals surface area (Å²) >= 11 is 0. The van der Waals surface area contributed by atoms with Gasteiger partial charge in [0.25, 0.3) is 0 Å². The van der Waals surface area contributed by atoms with Crippen LogP contribution in [-0.2, 0) is 16.1 Å². The number of ether oxygens (including phenoxy) is 1. The zero-order valence-corrected chi connectivity index (χ0v) is 11.7. The molecular weight excluding hydrogens is 258 g/mol. The van der Waals surface area contributed by atoms with Gasteiger partial charge in [0.15, 0.2) is 0 Å². The molecule has 2 aliphatic rings. The Labute approximate surface area is 118 Å². The molecule has 0 radical (unpaired) electrons. The largest absolute Gasteiger partial charge is 0.376 e. The van der Waals surface area contributed by atoms with E-state index in [0.717, 1.165) is 26.1 Å². The van der Waals surface area contributed by atoms with Crippen molar-refractivity contribution >= 4 is 5.91 Å². The van der Waals surface area contributed by atoms with Gasteiger partial charge in [0.2, 0.25) is 5.91 Å². The van der Waals surface area contributed by atoms with Crippen molar-refractivity contribution in [1.82, 2.24) is 25.0 Å². The van der Waals surface area contributed by atoms with E-state index >= 15 is 0 Å². The predicted octanol–water partition coefficient (Wildman–Crippen LogP) is -0.354. The molecule has 3 atom stereocenters. The molecule has 0 aromatic carbocycles. The number of aromatic nitrogens is 3. The van der Waals surface area contributed by atoms with E-state index in [1.807, 2.05) is 4.57 Å². The summed E-state index contributed by atoms with van der Waals surface area (Å²) in [5.41, 5.74) is 0. The lowest BCUT2D eigenvalue weighted by Gasteiger charge is -2.33. The van der Waals surface area contributed by atoms with E-state index in [9.17, 15) is 4.79 Å². The summed E-state index contributed by atoms with van der Waals surface area (Å²) in [7, 11) is 0. The maximum atomic E-state index is 11.9. The standard InChI is InChI=1S/C13H21N5O2/c1-10-5-18-6-11(4-12(18)7-20-10)16-13(19)2-3-17-8-14-15-9-17/h8-12H,2-7H2,1H3,(H,16,19)/t10-,11-,12+/m1/s1. The molecule has 0 aliphatic carbocycles. The van der Waals surface area contributed by atoms with Crippen LogP contribution in [0.2, 0.25) is 0 Å². The minimum absolute atomic E-state index is 0.0949. The Balaban J connectivity index is 1.43. The molecule has 7 nitrogen and oxygen atoms in total. The Bertz CT molecular complexity index is 450. The van der Waals surface area contributed by atoms with Gasteiger partial charge in [-0.05, 0) is 13.3 Å². The van der Waals surface area contributed by atoms with Gasteiger partial charge in [-0.1, -0.05) is 0 Å². The highest BCUT2D eigenvalue weighted by molar-refractivity contribution is 5.76. The van der Waals surface area contributed by atoms with Crippen molar-refractivity contribution in [2.24, 2.45) is 0 Å². The van der Waals surface area contributed by atoms with Crippen molar-refractivity contribution in [3.63, 3.8) is 0 Å². The van der Waals surface area contributed by atoms with Gasteiger partial charge < -0.3 is 14.6 Å². The van der Waals surface area contributed by atoms with E-state index in [0.29, 0.717) is 25.1 Å². The summed E-state index contributed by atoms with van der Waals surface area (Å²) in [4.78, 5) is 14.4. The molecule has 110 valence electrons. The first-order valence-corrected chi connectivity index (χ1v) is 7.18. The van der Waals surface area contributed by atoms with Gasteiger partial charge in [-0.2, -0.15) is 0 Å². The fourth-order valence-electron chi connectivity index (χ4n) is 3.01. The summed E-state index contributed by atoms with van der Waals surface area (Å²) < 4.78 is 7.48. The first kappa shape index (κ1) is 13.5. The Morgan fingerprint density at radius 2 is 2.20 bits per heavy atom. The second kappa shape index (κ2) is 5.88. The second-order valence-electron chi connectivity index (χ2n) is 5.70. The molecule has 2 saturated heterocycles. The lowest BCUT2D eigenvalue weighted by molar-refractivity contribution is -0.121. The highest BCUT2D eigenvalue weighted by Crippen LogP contribution is 2.23. The summed E-state index contributed by atoms with van der Waals surface area (Å²) in [6.07, 6.45) is 5.01. The van der Waals surface area contributed by atoms with E-state index in [-0.39, 0.29) is 11.9 Å². The van der Waals surface area contributed by atoms with Crippen LogP contribution in [0.25, 0.3) is 0 Å². The first-order chi connectivity index (χ1) is 9.70. The molecule has 20 heavy (non-hydrogen) atoms. The SMILES string of the molecule is C[C@@H]1CN2C[C@H](NC(=O)CCn3cnnc3)C[C@H]2CO1. The number of carbonyl (C=O) groups is 1. The molecule has 1 aromatic rings. The predicted molar refractivity (Wildman–Crippen MR) is 72.0 cm³/mol. The van der Waals surface area contributed by atoms with Crippen molar-refractivity contribution in [1.29, 1.82) is 0 Å². The van der Waals surface area contributed by atoms with Crippen LogP contribution in [0.4, 0.5) is 0 Å². The lowest BCUT2D eigenvalue weighted by Crippen LogP contribution is -2.45. The van der Waals surface area contributed by atoms with Crippen LogP contribution in [0.1, 0.15) is 19.8 Å². The Morgan fingerprint density at radius 3 is 3.00 bits per heavy atom. The van der Waals surface area contributed by atoms with E-state index in [2.05, 4.69) is 27.3 Å². The van der Waals surface area contributed by atoms with Crippen molar-refractivity contribution < 1.29 is 9.53 Å². The van der Waals surface area contributed by atoms with Gasteiger partial charge in [-0.15, -0.1) is 10.2 Å².